The van der Waals surface area contributed by atoms with E-state index in [-0.39, 0.29) is 13.2 Å². The maximum atomic E-state index is 12.1. The smallest absolute Gasteiger partial charge is 0.412 e. The van der Waals surface area contributed by atoms with Crippen molar-refractivity contribution in [2.24, 2.45) is 0 Å². The molecule has 0 aromatic heterocycles. The Balaban J connectivity index is 2.10. The molecule has 2 aromatic carbocycles. The molecule has 2 aromatic rings. The zero-order valence-corrected chi connectivity index (χ0v) is 15.4. The first-order chi connectivity index (χ1) is 13.1. The van der Waals surface area contributed by atoms with E-state index < -0.39 is 12.1 Å². The van der Waals surface area contributed by atoms with Crippen molar-refractivity contribution in [3.63, 3.8) is 0 Å². The van der Waals surface area contributed by atoms with Crippen molar-refractivity contribution in [3.05, 3.63) is 48.6 Å². The van der Waals surface area contributed by atoms with E-state index in [0.717, 1.165) is 22.4 Å². The lowest BCUT2D eigenvalue weighted by atomic mass is 10.0. The third-order valence-electron chi connectivity index (χ3n) is 3.67. The molecular weight excluding hydrogens is 350 g/mol. The molecule has 0 spiro atoms. The molecule has 1 amide bonds. The molecular formula is C20H23NO6. The highest BCUT2D eigenvalue weighted by molar-refractivity contribution is 5.95. The van der Waals surface area contributed by atoms with Crippen molar-refractivity contribution in [3.8, 4) is 11.5 Å². The average Bonchev–Trinajstić information content (AvgIpc) is 2.68. The monoisotopic (exact) mass is 373 g/mol. The summed E-state index contributed by atoms with van der Waals surface area (Å²) in [6.45, 7) is 6.20. The molecule has 144 valence electrons. The molecule has 27 heavy (non-hydrogen) atoms. The Hall–Kier alpha value is -3.06. The van der Waals surface area contributed by atoms with Crippen molar-refractivity contribution >= 4 is 22.8 Å². The lowest BCUT2D eigenvalue weighted by Gasteiger charge is -2.15. The molecule has 0 bridgehead atoms. The van der Waals surface area contributed by atoms with Gasteiger partial charge >= 0.3 is 12.1 Å². The number of benzene rings is 2. The quantitative estimate of drug-likeness (QED) is 0.413. The zero-order valence-electron chi connectivity index (χ0n) is 15.4. The number of nitrogens with one attached hydrogen (secondary N) is 1. The van der Waals surface area contributed by atoms with Crippen molar-refractivity contribution in [1.29, 1.82) is 0 Å². The van der Waals surface area contributed by atoms with E-state index in [1.807, 2.05) is 37.3 Å². The van der Waals surface area contributed by atoms with Crippen LogP contribution < -0.4 is 14.8 Å². The summed E-state index contributed by atoms with van der Waals surface area (Å²) < 4.78 is 21.1. The molecule has 0 aliphatic carbocycles. The molecule has 0 fully saturated rings. The first kappa shape index (κ1) is 20.3. The standard InChI is InChI=1S/C20H23NO6/c1-4-18(22)26-10-9-21-20(23)27-19-14(2)13-17(25-12-11-24-3)15-7-5-6-8-16(15)19/h4-8,13H,1,9-12H2,2-3H3,(H,21,23). The Morgan fingerprint density at radius 1 is 1.15 bits per heavy atom. The molecule has 2 rings (SSSR count). The van der Waals surface area contributed by atoms with E-state index in [2.05, 4.69) is 11.9 Å². The Labute approximate surface area is 157 Å². The lowest BCUT2D eigenvalue weighted by Crippen LogP contribution is -2.30. The van der Waals surface area contributed by atoms with E-state index in [9.17, 15) is 9.59 Å². The van der Waals surface area contributed by atoms with Gasteiger partial charge in [0.2, 0.25) is 0 Å². The van der Waals surface area contributed by atoms with Crippen LogP contribution in [0, 0.1) is 6.92 Å². The second-order valence-electron chi connectivity index (χ2n) is 5.60. The van der Waals surface area contributed by atoms with E-state index in [1.54, 1.807) is 7.11 Å². The Morgan fingerprint density at radius 2 is 1.89 bits per heavy atom. The van der Waals surface area contributed by atoms with Crippen LogP contribution in [0.3, 0.4) is 0 Å². The number of aryl methyl sites for hydroxylation is 1. The van der Waals surface area contributed by atoms with Crippen LogP contribution in [0.15, 0.2) is 43.0 Å². The summed E-state index contributed by atoms with van der Waals surface area (Å²) in [7, 11) is 1.61. The molecule has 0 saturated carbocycles. The van der Waals surface area contributed by atoms with Gasteiger partial charge in [0.1, 0.15) is 24.7 Å². The summed E-state index contributed by atoms with van der Waals surface area (Å²) >= 11 is 0. The van der Waals surface area contributed by atoms with Gasteiger partial charge in [-0.3, -0.25) is 0 Å². The molecule has 0 atom stereocenters. The fraction of sp³-hybridized carbons (Fsp3) is 0.300. The van der Waals surface area contributed by atoms with Crippen LogP contribution >= 0.6 is 0 Å². The van der Waals surface area contributed by atoms with Crippen LogP contribution in [0.4, 0.5) is 4.79 Å². The molecule has 7 heteroatoms. The number of carbonyl (C=O) groups is 2. The molecule has 0 saturated heterocycles. The molecule has 0 aliphatic rings. The number of fused-ring (bicyclic) bond motifs is 1. The Kier molecular flexibility index (Phi) is 7.63. The largest absolute Gasteiger partial charge is 0.491 e. The summed E-state index contributed by atoms with van der Waals surface area (Å²) in [6, 6.07) is 9.34. The molecule has 0 unspecified atom stereocenters. The fourth-order valence-electron chi connectivity index (χ4n) is 2.43. The fourth-order valence-corrected chi connectivity index (χ4v) is 2.43. The van der Waals surface area contributed by atoms with Crippen LogP contribution in [0.2, 0.25) is 0 Å². The number of hydrogen-bond acceptors (Lipinski definition) is 6. The number of methoxy groups -OCH3 is 1. The molecule has 1 N–H and O–H groups in total. The van der Waals surface area contributed by atoms with Crippen LogP contribution in [0.1, 0.15) is 5.56 Å². The predicted molar refractivity (Wildman–Crippen MR) is 101 cm³/mol. The van der Waals surface area contributed by atoms with Crippen molar-refractivity contribution < 1.29 is 28.5 Å². The minimum atomic E-state index is -0.633. The first-order valence-electron chi connectivity index (χ1n) is 8.45. The summed E-state index contributed by atoms with van der Waals surface area (Å²) in [5.41, 5.74) is 0.759. The molecule has 0 heterocycles. The van der Waals surface area contributed by atoms with Gasteiger partial charge in [-0.2, -0.15) is 0 Å². The van der Waals surface area contributed by atoms with Gasteiger partial charge in [-0.1, -0.05) is 30.8 Å². The number of esters is 1. The lowest BCUT2D eigenvalue weighted by molar-refractivity contribution is -0.137. The van der Waals surface area contributed by atoms with Gasteiger partial charge in [-0.25, -0.2) is 9.59 Å². The van der Waals surface area contributed by atoms with E-state index >= 15 is 0 Å². The van der Waals surface area contributed by atoms with Crippen molar-refractivity contribution in [1.82, 2.24) is 5.32 Å². The van der Waals surface area contributed by atoms with Crippen molar-refractivity contribution in [2.45, 2.75) is 6.92 Å². The highest BCUT2D eigenvalue weighted by Gasteiger charge is 2.15. The molecule has 7 nitrogen and oxygen atoms in total. The van der Waals surface area contributed by atoms with Crippen LogP contribution in [-0.4, -0.2) is 45.5 Å². The normalized spacial score (nSPS) is 10.3. The van der Waals surface area contributed by atoms with Gasteiger partial charge in [0.15, 0.2) is 0 Å². The Bertz CT molecular complexity index is 817. The number of amides is 1. The van der Waals surface area contributed by atoms with Gasteiger partial charge in [-0.05, 0) is 18.6 Å². The van der Waals surface area contributed by atoms with Gasteiger partial charge < -0.3 is 24.3 Å². The van der Waals surface area contributed by atoms with Crippen LogP contribution in [-0.2, 0) is 14.3 Å². The van der Waals surface area contributed by atoms with Crippen LogP contribution in [0.25, 0.3) is 10.8 Å². The average molecular weight is 373 g/mol. The third-order valence-corrected chi connectivity index (χ3v) is 3.67. The minimum absolute atomic E-state index is 0.0337. The summed E-state index contributed by atoms with van der Waals surface area (Å²) in [5.74, 6) is 0.602. The van der Waals surface area contributed by atoms with Crippen molar-refractivity contribution in [2.75, 3.05) is 33.5 Å². The zero-order chi connectivity index (χ0) is 19.6. The number of rotatable bonds is 9. The second-order valence-corrected chi connectivity index (χ2v) is 5.60. The highest BCUT2D eigenvalue weighted by atomic mass is 16.6. The van der Waals surface area contributed by atoms with E-state index in [1.165, 1.54) is 0 Å². The van der Waals surface area contributed by atoms with E-state index in [4.69, 9.17) is 18.9 Å². The Morgan fingerprint density at radius 3 is 2.59 bits per heavy atom. The van der Waals surface area contributed by atoms with Gasteiger partial charge in [0.05, 0.1) is 13.2 Å². The maximum absolute atomic E-state index is 12.1. The number of ether oxygens (including phenoxy) is 4. The summed E-state index contributed by atoms with van der Waals surface area (Å²) in [5, 5.41) is 4.14. The van der Waals surface area contributed by atoms with E-state index in [0.29, 0.717) is 24.7 Å². The predicted octanol–water partition coefficient (Wildman–Crippen LogP) is 2.99. The first-order valence-corrected chi connectivity index (χ1v) is 8.45. The molecule has 0 radical (unpaired) electrons. The maximum Gasteiger partial charge on any atom is 0.412 e. The van der Waals surface area contributed by atoms with Gasteiger partial charge in [0, 0.05) is 24.0 Å². The summed E-state index contributed by atoms with van der Waals surface area (Å²) in [4.78, 5) is 23.0. The topological polar surface area (TPSA) is 83.1 Å². The highest BCUT2D eigenvalue weighted by Crippen LogP contribution is 2.36. The minimum Gasteiger partial charge on any atom is -0.491 e. The molecule has 0 aliphatic heterocycles. The SMILES string of the molecule is C=CC(=O)OCCNC(=O)Oc1c(C)cc(OCCOC)c2ccccc12. The number of hydrogen-bond donors (Lipinski definition) is 1. The van der Waals surface area contributed by atoms with Crippen LogP contribution in [0.5, 0.6) is 11.5 Å². The number of carbonyl (C=O) groups excluding carboxylic acids is 2. The van der Waals surface area contributed by atoms with Gasteiger partial charge in [0.25, 0.3) is 0 Å². The van der Waals surface area contributed by atoms with Gasteiger partial charge in [-0.15, -0.1) is 0 Å². The third kappa shape index (κ3) is 5.72. The summed E-state index contributed by atoms with van der Waals surface area (Å²) in [6.07, 6.45) is 0.426. The second kappa shape index (κ2) is 10.2.